The van der Waals surface area contributed by atoms with Gasteiger partial charge < -0.3 is 15.8 Å². The van der Waals surface area contributed by atoms with Crippen LogP contribution in [0.25, 0.3) is 5.41 Å². The molecule has 0 saturated heterocycles. The molecule has 0 bridgehead atoms. The second-order valence-electron chi connectivity index (χ2n) is 5.43. The van der Waals surface area contributed by atoms with Gasteiger partial charge in [0.15, 0.2) is 5.78 Å². The van der Waals surface area contributed by atoms with Gasteiger partial charge in [0.1, 0.15) is 5.57 Å². The summed E-state index contributed by atoms with van der Waals surface area (Å²) >= 11 is 0. The minimum atomic E-state index is -4.50. The third kappa shape index (κ3) is 5.69. The van der Waals surface area contributed by atoms with Gasteiger partial charge in [-0.1, -0.05) is 0 Å². The van der Waals surface area contributed by atoms with E-state index in [1.165, 1.54) is 19.7 Å². The number of alkyl halides is 3. The number of Topliss-reactive ketones (excluding diaryl/α,β-unsaturated/α-hetero) is 1. The van der Waals surface area contributed by atoms with Crippen molar-refractivity contribution in [1.82, 2.24) is 0 Å². The lowest BCUT2D eigenvalue weighted by Gasteiger charge is -2.16. The maximum absolute atomic E-state index is 12.4. The van der Waals surface area contributed by atoms with E-state index < -0.39 is 41.0 Å². The minimum Gasteiger partial charge on any atom is -0.763 e. The number of hydrogen-bond acceptors (Lipinski definition) is 3. The lowest BCUT2D eigenvalue weighted by atomic mass is 9.98. The normalized spacial score (nSPS) is 11.6. The van der Waals surface area contributed by atoms with Crippen LogP contribution < -0.4 is 5.32 Å². The topological polar surface area (TPSA) is 88.7 Å². The Kier molecular flexibility index (Phi) is 5.47. The molecule has 0 aliphatic heterocycles. The highest BCUT2D eigenvalue weighted by Crippen LogP contribution is 2.29. The zero-order valence-corrected chi connectivity index (χ0v) is 12.4. The molecule has 23 heavy (non-hydrogen) atoms. The summed E-state index contributed by atoms with van der Waals surface area (Å²) in [6, 6.07) is 3.55. The fraction of sp³-hybridized carbons (Fsp3) is 0.333. The van der Waals surface area contributed by atoms with Crippen molar-refractivity contribution in [1.29, 1.82) is 0 Å². The van der Waals surface area contributed by atoms with E-state index >= 15 is 0 Å². The quantitative estimate of drug-likeness (QED) is 0.377. The second-order valence-corrected chi connectivity index (χ2v) is 5.43. The molecule has 1 rings (SSSR count). The summed E-state index contributed by atoms with van der Waals surface area (Å²) in [4.78, 5) is 23.6. The lowest BCUT2D eigenvalue weighted by molar-refractivity contribution is -0.137. The molecule has 0 heterocycles. The van der Waals surface area contributed by atoms with Crippen molar-refractivity contribution < 1.29 is 27.9 Å². The summed E-state index contributed by atoms with van der Waals surface area (Å²) in [7, 11) is 0. The Hall–Kier alpha value is -2.44. The fourth-order valence-corrected chi connectivity index (χ4v) is 1.66. The number of amides is 1. The second kappa shape index (κ2) is 6.76. The number of carbonyl (C=O) groups is 2. The first-order chi connectivity index (χ1) is 10.4. The van der Waals surface area contributed by atoms with Crippen molar-refractivity contribution >= 4 is 23.2 Å². The van der Waals surface area contributed by atoms with Crippen molar-refractivity contribution in [3.63, 3.8) is 0 Å². The molecule has 2 N–H and O–H groups in total. The Morgan fingerprint density at radius 2 is 1.74 bits per heavy atom. The van der Waals surface area contributed by atoms with E-state index in [9.17, 15) is 27.9 Å². The van der Waals surface area contributed by atoms with Gasteiger partial charge in [0.2, 0.25) is 0 Å². The number of halogens is 3. The number of hydrogen-bond donors (Lipinski definition) is 2. The molecule has 0 spiro atoms. The molecule has 0 aliphatic carbocycles. The van der Waals surface area contributed by atoms with E-state index in [-0.39, 0.29) is 5.69 Å². The minimum absolute atomic E-state index is 0.00630. The Morgan fingerprint density at radius 1 is 1.22 bits per heavy atom. The largest absolute Gasteiger partial charge is 0.763 e. The van der Waals surface area contributed by atoms with Gasteiger partial charge in [0, 0.05) is 12.1 Å². The number of aliphatic hydroxyl groups is 1. The molecule has 0 aromatic heterocycles. The van der Waals surface area contributed by atoms with E-state index in [4.69, 9.17) is 5.41 Å². The van der Waals surface area contributed by atoms with Crippen LogP contribution in [0.2, 0.25) is 0 Å². The van der Waals surface area contributed by atoms with Gasteiger partial charge in [-0.15, -0.1) is 0 Å². The summed E-state index contributed by atoms with van der Waals surface area (Å²) < 4.78 is 37.3. The standard InChI is InChI=1S/C15H14F3N2O3/c1-14(2,23)7-12(21)11(8-19)13(22)20-10-5-3-9(4-6-10)15(16,17)18/h3-6,23H,7H2,1-2H3,(H,20,22)/q-1. The van der Waals surface area contributed by atoms with Crippen LogP contribution in [-0.4, -0.2) is 28.3 Å². The zero-order valence-electron chi connectivity index (χ0n) is 12.4. The van der Waals surface area contributed by atoms with Gasteiger partial charge in [-0.2, -0.15) is 13.2 Å². The van der Waals surface area contributed by atoms with E-state index in [1.54, 1.807) is 0 Å². The number of nitrogens with zero attached hydrogens (tertiary/aromatic N) is 1. The first-order valence-corrected chi connectivity index (χ1v) is 6.45. The third-order valence-corrected chi connectivity index (χ3v) is 2.68. The maximum Gasteiger partial charge on any atom is 0.416 e. The maximum atomic E-state index is 12.4. The summed E-state index contributed by atoms with van der Waals surface area (Å²) in [6.07, 6.45) is -4.94. The van der Waals surface area contributed by atoms with Crippen molar-refractivity contribution in [3.05, 3.63) is 40.8 Å². The van der Waals surface area contributed by atoms with E-state index in [0.717, 1.165) is 24.3 Å². The van der Waals surface area contributed by atoms with E-state index in [2.05, 4.69) is 5.32 Å². The van der Waals surface area contributed by atoms with Crippen molar-refractivity contribution in [2.75, 3.05) is 5.32 Å². The highest BCUT2D eigenvalue weighted by molar-refractivity contribution is 6.29. The van der Waals surface area contributed by atoms with Gasteiger partial charge in [-0.05, 0) is 38.1 Å². The molecule has 0 aliphatic rings. The predicted octanol–water partition coefficient (Wildman–Crippen LogP) is 2.54. The fourth-order valence-electron chi connectivity index (χ4n) is 1.66. The monoisotopic (exact) mass is 327 g/mol. The van der Waals surface area contributed by atoms with Gasteiger partial charge >= 0.3 is 6.18 Å². The average molecular weight is 327 g/mol. The molecule has 1 amide bonds. The first kappa shape index (κ1) is 18.6. The predicted molar refractivity (Wildman–Crippen MR) is 77.9 cm³/mol. The molecule has 0 atom stereocenters. The van der Waals surface area contributed by atoms with Crippen LogP contribution in [0.5, 0.6) is 0 Å². The zero-order chi connectivity index (χ0) is 17.8. The lowest BCUT2D eigenvalue weighted by Crippen LogP contribution is -2.28. The number of nitrogens with one attached hydrogen (secondary N) is 1. The van der Waals surface area contributed by atoms with Crippen LogP contribution in [-0.2, 0) is 15.8 Å². The van der Waals surface area contributed by atoms with Gasteiger partial charge in [0.05, 0.1) is 11.2 Å². The van der Waals surface area contributed by atoms with Crippen LogP contribution in [0.3, 0.4) is 0 Å². The Bertz CT molecular complexity index is 652. The molecular formula is C15H14F3N2O3-. The number of benzene rings is 1. The number of carbonyl (C=O) groups excluding carboxylic acids is 2. The average Bonchev–Trinajstić information content (AvgIpc) is 2.36. The molecule has 1 aromatic carbocycles. The van der Waals surface area contributed by atoms with Crippen LogP contribution in [0.4, 0.5) is 18.9 Å². The van der Waals surface area contributed by atoms with Crippen LogP contribution >= 0.6 is 0 Å². The van der Waals surface area contributed by atoms with Crippen molar-refractivity contribution in [3.8, 4) is 0 Å². The number of ketones is 1. The number of rotatable bonds is 5. The molecule has 0 unspecified atom stereocenters. The van der Waals surface area contributed by atoms with Crippen LogP contribution in [0, 0.1) is 0 Å². The Labute approximate surface area is 130 Å². The molecule has 5 nitrogen and oxygen atoms in total. The van der Waals surface area contributed by atoms with Gasteiger partial charge in [-0.3, -0.25) is 15.5 Å². The summed E-state index contributed by atoms with van der Waals surface area (Å²) in [6.45, 7) is 2.68. The summed E-state index contributed by atoms with van der Waals surface area (Å²) in [5.41, 5.74) is -3.01. The molecule has 0 fully saturated rings. The highest BCUT2D eigenvalue weighted by atomic mass is 19.4. The molecule has 124 valence electrons. The SMILES string of the molecule is CC(C)(O)CC(=O)C(=C=[N-])C(=O)Nc1ccc(C(F)(F)F)cc1. The first-order valence-electron chi connectivity index (χ1n) is 6.45. The van der Waals surface area contributed by atoms with Crippen LogP contribution in [0.15, 0.2) is 29.8 Å². The molecule has 0 saturated carbocycles. The summed E-state index contributed by atoms with van der Waals surface area (Å²) in [5.74, 6) is -0.453. The molecule has 8 heteroatoms. The third-order valence-electron chi connectivity index (χ3n) is 2.68. The molecule has 0 radical (unpaired) electrons. The Morgan fingerprint density at radius 3 is 2.13 bits per heavy atom. The smallest absolute Gasteiger partial charge is 0.416 e. The van der Waals surface area contributed by atoms with Gasteiger partial charge in [0.25, 0.3) is 5.91 Å². The van der Waals surface area contributed by atoms with Crippen molar-refractivity contribution in [2.24, 2.45) is 0 Å². The number of anilines is 1. The van der Waals surface area contributed by atoms with E-state index in [1.807, 2.05) is 0 Å². The highest BCUT2D eigenvalue weighted by Gasteiger charge is 2.30. The van der Waals surface area contributed by atoms with Gasteiger partial charge in [-0.25, -0.2) is 0 Å². The van der Waals surface area contributed by atoms with E-state index in [0.29, 0.717) is 0 Å². The van der Waals surface area contributed by atoms with Crippen molar-refractivity contribution in [2.45, 2.75) is 32.0 Å². The Balaban J connectivity index is 2.86. The summed E-state index contributed by atoms with van der Waals surface area (Å²) in [5, 5.41) is 20.6. The molecular weight excluding hydrogens is 313 g/mol. The molecule has 1 aromatic rings. The van der Waals surface area contributed by atoms with Crippen LogP contribution in [0.1, 0.15) is 25.8 Å².